The molecule has 1 aromatic heterocycles. The predicted octanol–water partition coefficient (Wildman–Crippen LogP) is 2.18. The van der Waals surface area contributed by atoms with Crippen LogP contribution in [-0.2, 0) is 6.54 Å². The molecule has 31 heavy (non-hydrogen) atoms. The summed E-state index contributed by atoms with van der Waals surface area (Å²) < 4.78 is 20.9. The summed E-state index contributed by atoms with van der Waals surface area (Å²) >= 11 is 0. The summed E-state index contributed by atoms with van der Waals surface area (Å²) in [5.74, 6) is 0.469. The van der Waals surface area contributed by atoms with E-state index in [0.717, 1.165) is 35.7 Å². The number of carbonyl (C=O) groups excluding carboxylic acids is 1. The number of hydrogen-bond donors (Lipinski definition) is 1. The van der Waals surface area contributed by atoms with Gasteiger partial charge in [0.2, 0.25) is 0 Å². The van der Waals surface area contributed by atoms with Gasteiger partial charge in [0, 0.05) is 0 Å². The van der Waals surface area contributed by atoms with E-state index < -0.39 is 0 Å². The summed E-state index contributed by atoms with van der Waals surface area (Å²) in [6.07, 6.45) is 0. The summed E-state index contributed by atoms with van der Waals surface area (Å²) in [7, 11) is 1.60. The molecule has 0 atom stereocenters. The number of aryl methyl sites for hydroxylation is 1. The van der Waals surface area contributed by atoms with Crippen molar-refractivity contribution >= 4 is 5.91 Å². The molecule has 0 saturated carbocycles. The minimum absolute atomic E-state index is 0.0274. The Kier molecular flexibility index (Phi) is 6.04. The number of rotatable bonds is 5. The molecule has 1 aliphatic heterocycles. The molecule has 1 amide bonds. The Bertz CT molecular complexity index is 1070. The van der Waals surface area contributed by atoms with Crippen molar-refractivity contribution in [3.05, 3.63) is 76.9 Å². The fourth-order valence-corrected chi connectivity index (χ4v) is 4.29. The summed E-state index contributed by atoms with van der Waals surface area (Å²) in [5.41, 5.74) is 4.08. The maximum Gasteiger partial charge on any atom is 0.258 e. The van der Waals surface area contributed by atoms with E-state index in [0.29, 0.717) is 30.9 Å². The molecule has 0 bridgehead atoms. The van der Waals surface area contributed by atoms with Gasteiger partial charge in [0.25, 0.3) is 5.91 Å². The molecule has 0 spiro atoms. The zero-order chi connectivity index (χ0) is 22.0. The Morgan fingerprint density at radius 3 is 2.52 bits per heavy atom. The average Bonchev–Trinajstić information content (AvgIpc) is 3.08. The van der Waals surface area contributed by atoms with Gasteiger partial charge in [-0.25, -0.2) is 9.07 Å². The van der Waals surface area contributed by atoms with Crippen LogP contribution in [0.5, 0.6) is 5.75 Å². The predicted molar refractivity (Wildman–Crippen MR) is 116 cm³/mol. The van der Waals surface area contributed by atoms with Crippen molar-refractivity contribution in [1.29, 1.82) is 0 Å². The number of nitrogens with zero attached hydrogens (tertiary/aromatic N) is 3. The van der Waals surface area contributed by atoms with Crippen LogP contribution in [0.4, 0.5) is 4.39 Å². The van der Waals surface area contributed by atoms with Gasteiger partial charge in [0.05, 0.1) is 61.5 Å². The molecule has 1 fully saturated rings. The van der Waals surface area contributed by atoms with Crippen LogP contribution < -0.4 is 9.64 Å². The molecule has 7 heteroatoms. The molecular formula is C24H28FN4O2+. The topological polar surface area (TPSA) is 51.8 Å². The van der Waals surface area contributed by atoms with Gasteiger partial charge < -0.3 is 14.5 Å². The van der Waals surface area contributed by atoms with Crippen molar-refractivity contribution < 1.29 is 18.8 Å². The van der Waals surface area contributed by atoms with Gasteiger partial charge in [0.15, 0.2) is 0 Å². The van der Waals surface area contributed by atoms with Crippen molar-refractivity contribution in [2.45, 2.75) is 20.4 Å². The Balaban J connectivity index is 1.45. The summed E-state index contributed by atoms with van der Waals surface area (Å²) in [6.45, 7) is 7.41. The molecule has 162 valence electrons. The molecule has 6 nitrogen and oxygen atoms in total. The first-order valence-electron chi connectivity index (χ1n) is 10.5. The van der Waals surface area contributed by atoms with E-state index in [-0.39, 0.29) is 11.7 Å². The lowest BCUT2D eigenvalue weighted by Gasteiger charge is -2.32. The van der Waals surface area contributed by atoms with Crippen LogP contribution in [0.3, 0.4) is 0 Å². The third-order valence-corrected chi connectivity index (χ3v) is 5.95. The number of quaternary nitrogens is 1. The molecule has 1 N–H and O–H groups in total. The SMILES string of the molecule is COc1ccc(F)cc1C[NH+]1CCN(C(=O)c2c(C)nn(-c3ccccc3)c2C)CC1. The molecule has 1 aliphatic rings. The first-order valence-corrected chi connectivity index (χ1v) is 10.5. The van der Waals surface area contributed by atoms with Crippen molar-refractivity contribution in [3.63, 3.8) is 0 Å². The number of carbonyl (C=O) groups is 1. The van der Waals surface area contributed by atoms with Crippen LogP contribution in [0.15, 0.2) is 48.5 Å². The Morgan fingerprint density at radius 1 is 1.13 bits per heavy atom. The molecule has 0 radical (unpaired) electrons. The second kappa shape index (κ2) is 8.89. The number of aromatic nitrogens is 2. The van der Waals surface area contributed by atoms with Crippen molar-refractivity contribution in [2.75, 3.05) is 33.3 Å². The molecule has 0 aliphatic carbocycles. The number of methoxy groups -OCH3 is 1. The average molecular weight is 424 g/mol. The van der Waals surface area contributed by atoms with Gasteiger partial charge in [0.1, 0.15) is 18.1 Å². The van der Waals surface area contributed by atoms with Crippen LogP contribution >= 0.6 is 0 Å². The second-order valence-electron chi connectivity index (χ2n) is 7.97. The Labute approximate surface area is 181 Å². The highest BCUT2D eigenvalue weighted by Crippen LogP contribution is 2.20. The van der Waals surface area contributed by atoms with Crippen LogP contribution in [0.2, 0.25) is 0 Å². The third kappa shape index (κ3) is 4.32. The minimum atomic E-state index is -0.259. The molecule has 3 aromatic rings. The van der Waals surface area contributed by atoms with E-state index in [4.69, 9.17) is 4.74 Å². The van der Waals surface area contributed by atoms with Crippen molar-refractivity contribution in [1.82, 2.24) is 14.7 Å². The molecule has 2 heterocycles. The van der Waals surface area contributed by atoms with Gasteiger partial charge in [-0.2, -0.15) is 5.10 Å². The Morgan fingerprint density at radius 2 is 1.84 bits per heavy atom. The second-order valence-corrected chi connectivity index (χ2v) is 7.97. The number of piperazine rings is 1. The number of nitrogens with one attached hydrogen (secondary N) is 1. The third-order valence-electron chi connectivity index (χ3n) is 5.95. The number of amides is 1. The van der Waals surface area contributed by atoms with E-state index >= 15 is 0 Å². The van der Waals surface area contributed by atoms with E-state index in [9.17, 15) is 9.18 Å². The fourth-order valence-electron chi connectivity index (χ4n) is 4.29. The van der Waals surface area contributed by atoms with Gasteiger partial charge in [-0.05, 0) is 44.2 Å². The smallest absolute Gasteiger partial charge is 0.258 e. The van der Waals surface area contributed by atoms with E-state index in [1.165, 1.54) is 17.0 Å². The summed E-state index contributed by atoms with van der Waals surface area (Å²) in [6, 6.07) is 14.5. The van der Waals surface area contributed by atoms with Crippen molar-refractivity contribution in [3.8, 4) is 11.4 Å². The normalized spacial score (nSPS) is 14.6. The molecule has 1 saturated heterocycles. The molecule has 4 rings (SSSR count). The number of benzene rings is 2. The van der Waals surface area contributed by atoms with E-state index in [2.05, 4.69) is 5.10 Å². The number of hydrogen-bond acceptors (Lipinski definition) is 3. The largest absolute Gasteiger partial charge is 0.496 e. The Hall–Kier alpha value is -3.19. The lowest BCUT2D eigenvalue weighted by atomic mass is 10.1. The number of para-hydroxylation sites is 1. The highest BCUT2D eigenvalue weighted by Gasteiger charge is 2.29. The first kappa shape index (κ1) is 21.1. The van der Waals surface area contributed by atoms with Crippen LogP contribution in [0, 0.1) is 19.7 Å². The molecule has 2 aromatic carbocycles. The van der Waals surface area contributed by atoms with Crippen LogP contribution in [0.1, 0.15) is 27.3 Å². The monoisotopic (exact) mass is 423 g/mol. The van der Waals surface area contributed by atoms with E-state index in [1.54, 1.807) is 13.2 Å². The van der Waals surface area contributed by atoms with Gasteiger partial charge in [-0.15, -0.1) is 0 Å². The summed E-state index contributed by atoms with van der Waals surface area (Å²) in [4.78, 5) is 16.5. The first-order chi connectivity index (χ1) is 15.0. The fraction of sp³-hybridized carbons (Fsp3) is 0.333. The number of halogens is 1. The standard InChI is InChI=1S/C24H27FN4O2/c1-17-23(18(2)29(26-17)21-7-5-4-6-8-21)24(30)28-13-11-27(12-14-28)16-19-15-20(25)9-10-22(19)31-3/h4-10,15H,11-14,16H2,1-3H3/p+1. The highest BCUT2D eigenvalue weighted by molar-refractivity contribution is 5.96. The summed E-state index contributed by atoms with van der Waals surface area (Å²) in [5, 5.41) is 4.61. The highest BCUT2D eigenvalue weighted by atomic mass is 19.1. The van der Waals surface area contributed by atoms with Gasteiger partial charge >= 0.3 is 0 Å². The molecular weight excluding hydrogens is 395 g/mol. The maximum atomic E-state index is 13.7. The minimum Gasteiger partial charge on any atom is -0.496 e. The van der Waals surface area contributed by atoms with Crippen LogP contribution in [-0.4, -0.2) is 53.9 Å². The maximum absolute atomic E-state index is 13.7. The zero-order valence-corrected chi connectivity index (χ0v) is 18.2. The van der Waals surface area contributed by atoms with E-state index in [1.807, 2.05) is 53.8 Å². The van der Waals surface area contributed by atoms with Crippen LogP contribution in [0.25, 0.3) is 5.69 Å². The van der Waals surface area contributed by atoms with Gasteiger partial charge in [-0.1, -0.05) is 18.2 Å². The quantitative estimate of drug-likeness (QED) is 0.685. The number of ether oxygens (including phenoxy) is 1. The zero-order valence-electron chi connectivity index (χ0n) is 18.2. The van der Waals surface area contributed by atoms with Gasteiger partial charge in [-0.3, -0.25) is 4.79 Å². The molecule has 0 unspecified atom stereocenters. The lowest BCUT2D eigenvalue weighted by molar-refractivity contribution is -0.917. The lowest BCUT2D eigenvalue weighted by Crippen LogP contribution is -3.13. The van der Waals surface area contributed by atoms with Crippen molar-refractivity contribution in [2.24, 2.45) is 0 Å².